The minimum Gasteiger partial charge on any atom is -0.378 e. The average Bonchev–Trinajstić information content (AvgIpc) is 2.80. The molecule has 1 aliphatic rings. The van der Waals surface area contributed by atoms with Gasteiger partial charge in [0.1, 0.15) is 5.60 Å². The van der Waals surface area contributed by atoms with Crippen molar-refractivity contribution in [3.05, 3.63) is 11.1 Å². The zero-order chi connectivity index (χ0) is 14.8. The van der Waals surface area contributed by atoms with E-state index in [1.165, 1.54) is 43.3 Å². The molecule has 0 unspecified atom stereocenters. The highest BCUT2D eigenvalue weighted by Crippen LogP contribution is 2.27. The number of hydrogen-bond donors (Lipinski definition) is 1. The van der Waals surface area contributed by atoms with Crippen molar-refractivity contribution in [2.24, 2.45) is 0 Å². The fraction of sp³-hybridized carbons (Fsp3) is 0.684. The maximum absolute atomic E-state index is 9.58. The van der Waals surface area contributed by atoms with E-state index in [-0.39, 0.29) is 0 Å². The van der Waals surface area contributed by atoms with Gasteiger partial charge < -0.3 is 5.11 Å². The Morgan fingerprint density at radius 2 is 1.90 bits per heavy atom. The summed E-state index contributed by atoms with van der Waals surface area (Å²) >= 11 is 0. The molecule has 0 aromatic carbocycles. The van der Waals surface area contributed by atoms with Crippen LogP contribution in [0.15, 0.2) is 11.1 Å². The van der Waals surface area contributed by atoms with Crippen LogP contribution in [0.4, 0.5) is 0 Å². The van der Waals surface area contributed by atoms with Gasteiger partial charge in [0.25, 0.3) is 0 Å². The van der Waals surface area contributed by atoms with Gasteiger partial charge in [0, 0.05) is 18.4 Å². The molecule has 0 saturated carbocycles. The summed E-state index contributed by atoms with van der Waals surface area (Å²) < 4.78 is 0. The van der Waals surface area contributed by atoms with Gasteiger partial charge in [0.2, 0.25) is 0 Å². The monoisotopic (exact) mass is 272 g/mol. The summed E-state index contributed by atoms with van der Waals surface area (Å²) in [5, 5.41) is 9.58. The molecule has 1 rings (SSSR count). The van der Waals surface area contributed by atoms with Crippen LogP contribution in [-0.2, 0) is 0 Å². The Hall–Kier alpha value is -1.18. The molecular weight excluding hydrogens is 244 g/mol. The van der Waals surface area contributed by atoms with Gasteiger partial charge in [-0.15, -0.1) is 0 Å². The van der Waals surface area contributed by atoms with Crippen molar-refractivity contribution in [1.82, 2.24) is 0 Å². The van der Waals surface area contributed by atoms with E-state index in [0.29, 0.717) is 0 Å². The van der Waals surface area contributed by atoms with Crippen molar-refractivity contribution in [1.29, 1.82) is 0 Å². The molecule has 0 spiro atoms. The summed E-state index contributed by atoms with van der Waals surface area (Å²) in [6, 6.07) is 0. The molecule has 0 amide bonds. The Balaban J connectivity index is 2.47. The van der Waals surface area contributed by atoms with Crippen LogP contribution in [0.2, 0.25) is 0 Å². The Labute approximate surface area is 124 Å². The molecule has 0 heterocycles. The first-order valence-corrected chi connectivity index (χ1v) is 7.95. The molecular formula is C19H28O. The normalized spacial score (nSPS) is 14.6. The summed E-state index contributed by atoms with van der Waals surface area (Å²) in [4.78, 5) is 0. The van der Waals surface area contributed by atoms with E-state index in [1.54, 1.807) is 13.8 Å². The molecule has 1 aliphatic carbocycles. The number of aliphatic hydroxyl groups is 1. The quantitative estimate of drug-likeness (QED) is 0.572. The van der Waals surface area contributed by atoms with E-state index < -0.39 is 5.60 Å². The fourth-order valence-corrected chi connectivity index (χ4v) is 2.33. The van der Waals surface area contributed by atoms with Crippen molar-refractivity contribution >= 4 is 0 Å². The van der Waals surface area contributed by atoms with Gasteiger partial charge in [-0.1, -0.05) is 49.9 Å². The lowest BCUT2D eigenvalue weighted by Gasteiger charge is -2.06. The predicted molar refractivity (Wildman–Crippen MR) is 86.1 cm³/mol. The third-order valence-corrected chi connectivity index (χ3v) is 3.42. The zero-order valence-electron chi connectivity index (χ0n) is 13.3. The van der Waals surface area contributed by atoms with Crippen LogP contribution < -0.4 is 0 Å². The summed E-state index contributed by atoms with van der Waals surface area (Å²) in [5.41, 5.74) is 1.82. The molecule has 0 saturated heterocycles. The molecule has 20 heavy (non-hydrogen) atoms. The smallest absolute Gasteiger partial charge is 0.119 e. The maximum Gasteiger partial charge on any atom is 0.119 e. The van der Waals surface area contributed by atoms with E-state index in [1.807, 2.05) is 0 Å². The molecule has 0 aromatic heterocycles. The van der Waals surface area contributed by atoms with Crippen molar-refractivity contribution in [3.8, 4) is 23.7 Å². The number of unbranched alkanes of at least 4 members (excludes halogenated alkanes) is 4. The predicted octanol–water partition coefficient (Wildman–Crippen LogP) is 4.61. The molecule has 0 radical (unpaired) electrons. The van der Waals surface area contributed by atoms with Crippen LogP contribution in [0.3, 0.4) is 0 Å². The van der Waals surface area contributed by atoms with Crippen molar-refractivity contribution in [2.75, 3.05) is 0 Å². The Kier molecular flexibility index (Phi) is 7.50. The van der Waals surface area contributed by atoms with Gasteiger partial charge in [-0.05, 0) is 45.1 Å². The van der Waals surface area contributed by atoms with E-state index in [2.05, 4.69) is 30.6 Å². The lowest BCUT2D eigenvalue weighted by Crippen LogP contribution is -2.14. The van der Waals surface area contributed by atoms with Gasteiger partial charge in [-0.25, -0.2) is 0 Å². The topological polar surface area (TPSA) is 20.2 Å². The number of rotatable bonds is 5. The summed E-state index contributed by atoms with van der Waals surface area (Å²) in [7, 11) is 0. The Morgan fingerprint density at radius 1 is 1.10 bits per heavy atom. The first kappa shape index (κ1) is 16.9. The first-order chi connectivity index (χ1) is 9.53. The molecule has 110 valence electrons. The van der Waals surface area contributed by atoms with Crippen LogP contribution in [0.25, 0.3) is 0 Å². The van der Waals surface area contributed by atoms with Crippen LogP contribution >= 0.6 is 0 Å². The van der Waals surface area contributed by atoms with Crippen LogP contribution in [0, 0.1) is 23.7 Å². The lowest BCUT2D eigenvalue weighted by molar-refractivity contribution is 0.143. The summed E-state index contributed by atoms with van der Waals surface area (Å²) in [6.07, 6.45) is 10.4. The van der Waals surface area contributed by atoms with Gasteiger partial charge in [0.05, 0.1) is 0 Å². The van der Waals surface area contributed by atoms with E-state index in [4.69, 9.17) is 0 Å². The van der Waals surface area contributed by atoms with Gasteiger partial charge in [-0.3, -0.25) is 0 Å². The molecule has 0 fully saturated rings. The summed E-state index contributed by atoms with van der Waals surface area (Å²) in [6.45, 7) is 5.68. The summed E-state index contributed by atoms with van der Waals surface area (Å²) in [5.74, 6) is 12.6. The molecule has 1 nitrogen and oxygen atoms in total. The lowest BCUT2D eigenvalue weighted by atomic mass is 10.1. The van der Waals surface area contributed by atoms with Crippen LogP contribution in [0.1, 0.15) is 78.6 Å². The minimum atomic E-state index is -0.885. The average molecular weight is 272 g/mol. The molecule has 0 aliphatic heterocycles. The SMILES string of the molecule is CCCCCCC#CC1=C(CC#CC(C)(C)O)CCC1. The van der Waals surface area contributed by atoms with Crippen LogP contribution in [-0.4, -0.2) is 10.7 Å². The second-order valence-electron chi connectivity index (χ2n) is 6.09. The third-order valence-electron chi connectivity index (χ3n) is 3.42. The first-order valence-electron chi connectivity index (χ1n) is 7.95. The Bertz CT molecular complexity index is 440. The largest absolute Gasteiger partial charge is 0.378 e. The van der Waals surface area contributed by atoms with Crippen molar-refractivity contribution in [3.63, 3.8) is 0 Å². The van der Waals surface area contributed by atoms with Crippen molar-refractivity contribution < 1.29 is 5.11 Å². The number of allylic oxidation sites excluding steroid dienone is 2. The maximum atomic E-state index is 9.58. The molecule has 0 bridgehead atoms. The molecule has 1 N–H and O–H groups in total. The molecule has 0 aromatic rings. The second-order valence-corrected chi connectivity index (χ2v) is 6.09. The highest BCUT2D eigenvalue weighted by atomic mass is 16.3. The zero-order valence-corrected chi connectivity index (χ0v) is 13.3. The second kappa shape index (κ2) is 8.89. The minimum absolute atomic E-state index is 0.768. The fourth-order valence-electron chi connectivity index (χ4n) is 2.33. The van der Waals surface area contributed by atoms with Crippen LogP contribution in [0.5, 0.6) is 0 Å². The molecule has 1 heteroatoms. The highest BCUT2D eigenvalue weighted by Gasteiger charge is 2.12. The van der Waals surface area contributed by atoms with E-state index in [0.717, 1.165) is 25.7 Å². The number of hydrogen-bond acceptors (Lipinski definition) is 1. The highest BCUT2D eigenvalue weighted by molar-refractivity contribution is 5.38. The van der Waals surface area contributed by atoms with E-state index >= 15 is 0 Å². The van der Waals surface area contributed by atoms with Gasteiger partial charge >= 0.3 is 0 Å². The van der Waals surface area contributed by atoms with E-state index in [9.17, 15) is 5.11 Å². The van der Waals surface area contributed by atoms with Gasteiger partial charge in [-0.2, -0.15) is 0 Å². The Morgan fingerprint density at radius 3 is 2.60 bits per heavy atom. The molecule has 0 atom stereocenters. The standard InChI is InChI=1S/C19H28O/c1-4-5-6-7-8-9-12-17-13-10-14-18(17)15-11-16-19(2,3)20/h20H,4-8,10,13-15H2,1-3H3. The third kappa shape index (κ3) is 7.42. The van der Waals surface area contributed by atoms with Gasteiger partial charge in [0.15, 0.2) is 0 Å². The van der Waals surface area contributed by atoms with Crippen molar-refractivity contribution in [2.45, 2.75) is 84.2 Å².